The first kappa shape index (κ1) is 29.4. The van der Waals surface area contributed by atoms with Crippen molar-refractivity contribution in [3.8, 4) is 0 Å². The van der Waals surface area contributed by atoms with Gasteiger partial charge in [-0.2, -0.15) is 0 Å². The molecule has 0 saturated carbocycles. The Hall–Kier alpha value is -4.13. The molecular weight excluding hydrogens is 524 g/mol. The highest BCUT2D eigenvalue weighted by Gasteiger charge is 2.29. The maximum absolute atomic E-state index is 13.9. The number of amides is 3. The third kappa shape index (κ3) is 6.84. The van der Waals surface area contributed by atoms with Crippen LogP contribution in [0.5, 0.6) is 0 Å². The van der Waals surface area contributed by atoms with Crippen molar-refractivity contribution in [2.75, 3.05) is 49.5 Å². The van der Waals surface area contributed by atoms with Gasteiger partial charge in [-0.1, -0.05) is 55.0 Å². The Balaban J connectivity index is 1.36. The standard InChI is InChI=1S/C35H42N4O3/c1-3-30(27-11-6-4-7-12-27)34(41)39-22-10-21-37(23-24-39)32-18-17-29(36-33(40)28-15-13-26(2)14-16-28)25-31(32)35(42)38-19-8-5-9-20-38/h4,6-7,11-18,25,30H,3,5,8-10,19-24H2,1-2H3,(H,36,40)/t30-/m1/s1. The van der Waals surface area contributed by atoms with Crippen LogP contribution in [0, 0.1) is 6.92 Å². The van der Waals surface area contributed by atoms with E-state index in [0.717, 1.165) is 68.6 Å². The highest BCUT2D eigenvalue weighted by atomic mass is 16.2. The molecule has 7 nitrogen and oxygen atoms in total. The molecular formula is C35H42N4O3. The summed E-state index contributed by atoms with van der Waals surface area (Å²) in [5.74, 6) is -0.176. The van der Waals surface area contributed by atoms with Crippen LogP contribution in [0.4, 0.5) is 11.4 Å². The minimum Gasteiger partial charge on any atom is -0.369 e. The van der Waals surface area contributed by atoms with Crippen molar-refractivity contribution < 1.29 is 14.4 Å². The fraction of sp³-hybridized carbons (Fsp3) is 0.400. The first-order chi connectivity index (χ1) is 20.4. The van der Waals surface area contributed by atoms with Crippen molar-refractivity contribution >= 4 is 29.1 Å². The molecule has 7 heteroatoms. The number of nitrogens with zero attached hydrogens (tertiary/aromatic N) is 3. The van der Waals surface area contributed by atoms with Crippen molar-refractivity contribution in [2.45, 2.75) is 51.9 Å². The number of hydrogen-bond acceptors (Lipinski definition) is 4. The second-order valence-corrected chi connectivity index (χ2v) is 11.4. The highest BCUT2D eigenvalue weighted by Crippen LogP contribution is 2.29. The molecule has 3 amide bonds. The van der Waals surface area contributed by atoms with Crippen LogP contribution in [0.1, 0.15) is 76.8 Å². The van der Waals surface area contributed by atoms with Gasteiger partial charge in [0.25, 0.3) is 11.8 Å². The van der Waals surface area contributed by atoms with E-state index >= 15 is 0 Å². The van der Waals surface area contributed by atoms with Crippen molar-refractivity contribution in [1.29, 1.82) is 0 Å². The number of likely N-dealkylation sites (tertiary alicyclic amines) is 1. The van der Waals surface area contributed by atoms with Crippen LogP contribution in [0.2, 0.25) is 0 Å². The van der Waals surface area contributed by atoms with E-state index in [1.165, 1.54) is 0 Å². The Labute approximate surface area is 249 Å². The molecule has 42 heavy (non-hydrogen) atoms. The Morgan fingerprint density at radius 1 is 0.762 bits per heavy atom. The third-order valence-electron chi connectivity index (χ3n) is 8.50. The topological polar surface area (TPSA) is 73.0 Å². The highest BCUT2D eigenvalue weighted by molar-refractivity contribution is 6.06. The Kier molecular flexibility index (Phi) is 9.57. The molecule has 1 atom stereocenters. The molecule has 2 fully saturated rings. The van der Waals surface area contributed by atoms with E-state index in [2.05, 4.69) is 17.1 Å². The number of carbonyl (C=O) groups excluding carboxylic acids is 3. The van der Waals surface area contributed by atoms with Crippen molar-refractivity contribution in [3.63, 3.8) is 0 Å². The van der Waals surface area contributed by atoms with Crippen molar-refractivity contribution in [3.05, 3.63) is 95.1 Å². The molecule has 0 bridgehead atoms. The van der Waals surface area contributed by atoms with E-state index in [0.29, 0.717) is 36.4 Å². The van der Waals surface area contributed by atoms with E-state index in [4.69, 9.17) is 0 Å². The third-order valence-corrected chi connectivity index (χ3v) is 8.50. The molecule has 0 aliphatic carbocycles. The summed E-state index contributed by atoms with van der Waals surface area (Å²) >= 11 is 0. The maximum atomic E-state index is 13.9. The van der Waals surface area contributed by atoms with E-state index in [1.54, 1.807) is 0 Å². The lowest BCUT2D eigenvalue weighted by Gasteiger charge is -2.31. The zero-order valence-corrected chi connectivity index (χ0v) is 24.9. The number of nitrogens with one attached hydrogen (secondary N) is 1. The summed E-state index contributed by atoms with van der Waals surface area (Å²) in [5, 5.41) is 2.99. The molecule has 0 unspecified atom stereocenters. The minimum atomic E-state index is -0.202. The van der Waals surface area contributed by atoms with E-state index in [9.17, 15) is 14.4 Å². The fourth-order valence-electron chi connectivity index (χ4n) is 6.07. The molecule has 0 radical (unpaired) electrons. The number of hydrogen-bond donors (Lipinski definition) is 1. The van der Waals surface area contributed by atoms with Crippen LogP contribution in [0.15, 0.2) is 72.8 Å². The van der Waals surface area contributed by atoms with Gasteiger partial charge in [0.1, 0.15) is 0 Å². The predicted octanol–water partition coefficient (Wildman–Crippen LogP) is 6.11. The molecule has 0 aromatic heterocycles. The fourth-order valence-corrected chi connectivity index (χ4v) is 6.07. The number of rotatable bonds is 7. The second-order valence-electron chi connectivity index (χ2n) is 11.4. The zero-order valence-electron chi connectivity index (χ0n) is 24.9. The van der Waals surface area contributed by atoms with Gasteiger partial charge in [-0.05, 0) is 74.9 Å². The monoisotopic (exact) mass is 566 g/mol. The number of aryl methyl sites for hydroxylation is 1. The van der Waals surface area contributed by atoms with Gasteiger partial charge in [0.15, 0.2) is 0 Å². The Morgan fingerprint density at radius 2 is 1.48 bits per heavy atom. The van der Waals surface area contributed by atoms with E-state index in [1.807, 2.05) is 89.5 Å². The average Bonchev–Trinajstić information content (AvgIpc) is 3.29. The van der Waals surface area contributed by atoms with Gasteiger partial charge in [0, 0.05) is 56.2 Å². The summed E-state index contributed by atoms with van der Waals surface area (Å²) in [6.45, 7) is 8.24. The number of piperidine rings is 1. The van der Waals surface area contributed by atoms with Crippen LogP contribution in [-0.2, 0) is 4.79 Å². The van der Waals surface area contributed by atoms with Gasteiger partial charge in [0.2, 0.25) is 5.91 Å². The number of carbonyl (C=O) groups is 3. The smallest absolute Gasteiger partial charge is 0.256 e. The van der Waals surface area contributed by atoms with Gasteiger partial charge in [-0.3, -0.25) is 14.4 Å². The van der Waals surface area contributed by atoms with E-state index in [-0.39, 0.29) is 23.6 Å². The second kappa shape index (κ2) is 13.7. The minimum absolute atomic E-state index is 0.00318. The van der Waals surface area contributed by atoms with Gasteiger partial charge in [-0.15, -0.1) is 0 Å². The molecule has 2 saturated heterocycles. The lowest BCUT2D eigenvalue weighted by Crippen LogP contribution is -2.39. The number of benzene rings is 3. The molecule has 0 spiro atoms. The first-order valence-corrected chi connectivity index (χ1v) is 15.3. The summed E-state index contributed by atoms with van der Waals surface area (Å²) in [7, 11) is 0. The average molecular weight is 567 g/mol. The normalized spacial score (nSPS) is 16.5. The molecule has 5 rings (SSSR count). The maximum Gasteiger partial charge on any atom is 0.256 e. The summed E-state index contributed by atoms with van der Waals surface area (Å²) in [5.41, 5.74) is 4.80. The summed E-state index contributed by atoms with van der Waals surface area (Å²) in [6.07, 6.45) is 4.73. The van der Waals surface area contributed by atoms with Crippen molar-refractivity contribution in [1.82, 2.24) is 9.80 Å². The molecule has 1 N–H and O–H groups in total. The largest absolute Gasteiger partial charge is 0.369 e. The van der Waals surface area contributed by atoms with E-state index < -0.39 is 0 Å². The quantitative estimate of drug-likeness (QED) is 0.375. The summed E-state index contributed by atoms with van der Waals surface area (Å²) in [4.78, 5) is 46.6. The lowest BCUT2D eigenvalue weighted by atomic mass is 9.95. The van der Waals surface area contributed by atoms with Crippen LogP contribution in [0.25, 0.3) is 0 Å². The first-order valence-electron chi connectivity index (χ1n) is 15.3. The molecule has 2 aliphatic rings. The lowest BCUT2D eigenvalue weighted by molar-refractivity contribution is -0.132. The summed E-state index contributed by atoms with van der Waals surface area (Å²) < 4.78 is 0. The Morgan fingerprint density at radius 3 is 2.19 bits per heavy atom. The van der Waals surface area contributed by atoms with Crippen LogP contribution < -0.4 is 10.2 Å². The van der Waals surface area contributed by atoms with Crippen molar-refractivity contribution in [2.24, 2.45) is 0 Å². The van der Waals surface area contributed by atoms with Gasteiger partial charge in [-0.25, -0.2) is 0 Å². The van der Waals surface area contributed by atoms with Gasteiger partial charge >= 0.3 is 0 Å². The predicted molar refractivity (Wildman–Crippen MR) is 168 cm³/mol. The van der Waals surface area contributed by atoms with Crippen LogP contribution in [-0.4, -0.2) is 66.8 Å². The summed E-state index contributed by atoms with van der Waals surface area (Å²) in [6, 6.07) is 23.1. The number of anilines is 2. The van der Waals surface area contributed by atoms with Crippen LogP contribution >= 0.6 is 0 Å². The van der Waals surface area contributed by atoms with Gasteiger partial charge in [0.05, 0.1) is 11.5 Å². The zero-order chi connectivity index (χ0) is 29.5. The molecule has 2 heterocycles. The Bertz CT molecular complexity index is 1380. The van der Waals surface area contributed by atoms with Gasteiger partial charge < -0.3 is 20.0 Å². The molecule has 3 aromatic carbocycles. The molecule has 2 aliphatic heterocycles. The SMILES string of the molecule is CC[C@@H](C(=O)N1CCCN(c2ccc(NC(=O)c3ccc(C)cc3)cc2C(=O)N2CCCCC2)CC1)c1ccccc1. The molecule has 220 valence electrons. The molecule has 3 aromatic rings. The van der Waals surface area contributed by atoms with Crippen LogP contribution in [0.3, 0.4) is 0 Å².